The van der Waals surface area contributed by atoms with E-state index >= 15 is 0 Å². The number of methoxy groups -OCH3 is 1. The average molecular weight is 317 g/mol. The molecule has 6 heteroatoms. The maximum absolute atomic E-state index is 5.82. The molecule has 0 amide bonds. The van der Waals surface area contributed by atoms with Crippen molar-refractivity contribution in [3.05, 3.63) is 59.4 Å². The SMILES string of the molecule is COc1ccccc1-c1nnc(COc2ccc(Cl)cc2)o1. The van der Waals surface area contributed by atoms with Crippen LogP contribution in [0.2, 0.25) is 5.02 Å². The molecule has 0 N–H and O–H groups in total. The van der Waals surface area contributed by atoms with Gasteiger partial charge in [0.25, 0.3) is 11.8 Å². The minimum absolute atomic E-state index is 0.184. The Morgan fingerprint density at radius 3 is 2.59 bits per heavy atom. The second-order valence-corrected chi connectivity index (χ2v) is 4.88. The summed E-state index contributed by atoms with van der Waals surface area (Å²) in [6.45, 7) is 0.184. The Bertz CT molecular complexity index is 756. The standard InChI is InChI=1S/C16H13ClN2O3/c1-20-14-5-3-2-4-13(14)16-19-18-15(22-16)10-21-12-8-6-11(17)7-9-12/h2-9H,10H2,1H3. The van der Waals surface area contributed by atoms with Crippen molar-refractivity contribution < 1.29 is 13.9 Å². The van der Waals surface area contributed by atoms with E-state index in [0.717, 1.165) is 5.56 Å². The van der Waals surface area contributed by atoms with Crippen molar-refractivity contribution in [3.63, 3.8) is 0 Å². The summed E-state index contributed by atoms with van der Waals surface area (Å²) in [6.07, 6.45) is 0. The van der Waals surface area contributed by atoms with Crippen LogP contribution < -0.4 is 9.47 Å². The molecule has 0 aliphatic carbocycles. The molecule has 1 heterocycles. The molecule has 0 spiro atoms. The highest BCUT2D eigenvalue weighted by Crippen LogP contribution is 2.28. The minimum Gasteiger partial charge on any atom is -0.496 e. The van der Waals surface area contributed by atoms with E-state index in [1.165, 1.54) is 0 Å². The van der Waals surface area contributed by atoms with Crippen molar-refractivity contribution >= 4 is 11.6 Å². The van der Waals surface area contributed by atoms with Gasteiger partial charge in [-0.1, -0.05) is 23.7 Å². The first-order valence-electron chi connectivity index (χ1n) is 6.60. The second-order valence-electron chi connectivity index (χ2n) is 4.44. The van der Waals surface area contributed by atoms with Crippen LogP contribution in [0, 0.1) is 0 Å². The number of benzene rings is 2. The van der Waals surface area contributed by atoms with Crippen molar-refractivity contribution in [3.8, 4) is 23.0 Å². The van der Waals surface area contributed by atoms with Crippen molar-refractivity contribution in [1.82, 2.24) is 10.2 Å². The van der Waals surface area contributed by atoms with Gasteiger partial charge in [-0.05, 0) is 36.4 Å². The Morgan fingerprint density at radius 2 is 1.82 bits per heavy atom. The van der Waals surface area contributed by atoms with E-state index in [-0.39, 0.29) is 6.61 Å². The molecule has 0 aliphatic heterocycles. The quantitative estimate of drug-likeness (QED) is 0.712. The molecule has 22 heavy (non-hydrogen) atoms. The number of para-hydroxylation sites is 1. The summed E-state index contributed by atoms with van der Waals surface area (Å²) in [5, 5.41) is 8.66. The van der Waals surface area contributed by atoms with Gasteiger partial charge in [0.05, 0.1) is 12.7 Å². The van der Waals surface area contributed by atoms with Crippen LogP contribution in [0.25, 0.3) is 11.5 Å². The van der Waals surface area contributed by atoms with Crippen LogP contribution >= 0.6 is 11.6 Å². The number of nitrogens with zero attached hydrogens (tertiary/aromatic N) is 2. The Labute approximate surface area is 132 Å². The predicted molar refractivity (Wildman–Crippen MR) is 82.1 cm³/mol. The fraction of sp³-hybridized carbons (Fsp3) is 0.125. The third kappa shape index (κ3) is 3.20. The first-order chi connectivity index (χ1) is 10.8. The maximum atomic E-state index is 5.82. The maximum Gasteiger partial charge on any atom is 0.254 e. The molecule has 1 aromatic heterocycles. The van der Waals surface area contributed by atoms with Crippen LogP contribution in [0.3, 0.4) is 0 Å². The molecule has 112 valence electrons. The number of aromatic nitrogens is 2. The zero-order valence-corrected chi connectivity index (χ0v) is 12.6. The van der Waals surface area contributed by atoms with E-state index in [2.05, 4.69) is 10.2 Å². The van der Waals surface area contributed by atoms with Gasteiger partial charge >= 0.3 is 0 Å². The van der Waals surface area contributed by atoms with Gasteiger partial charge in [-0.3, -0.25) is 0 Å². The lowest BCUT2D eigenvalue weighted by Crippen LogP contribution is -1.95. The summed E-state index contributed by atoms with van der Waals surface area (Å²) in [5.74, 6) is 2.14. The van der Waals surface area contributed by atoms with Crippen LogP contribution in [0.4, 0.5) is 0 Å². The molecule has 0 aliphatic rings. The summed E-state index contributed by atoms with van der Waals surface area (Å²) in [5.41, 5.74) is 0.746. The van der Waals surface area contributed by atoms with E-state index in [9.17, 15) is 0 Å². The van der Waals surface area contributed by atoms with E-state index < -0.39 is 0 Å². The molecular weight excluding hydrogens is 304 g/mol. The highest BCUT2D eigenvalue weighted by molar-refractivity contribution is 6.30. The molecule has 0 saturated heterocycles. The lowest BCUT2D eigenvalue weighted by atomic mass is 10.2. The van der Waals surface area contributed by atoms with Gasteiger partial charge in [-0.2, -0.15) is 0 Å². The van der Waals surface area contributed by atoms with Crippen LogP contribution in [0.5, 0.6) is 11.5 Å². The average Bonchev–Trinajstić information content (AvgIpc) is 3.03. The molecule has 0 unspecified atom stereocenters. The first kappa shape index (κ1) is 14.4. The van der Waals surface area contributed by atoms with Gasteiger partial charge in [0.2, 0.25) is 0 Å². The first-order valence-corrected chi connectivity index (χ1v) is 6.98. The number of ether oxygens (including phenoxy) is 2. The minimum atomic E-state index is 0.184. The zero-order valence-electron chi connectivity index (χ0n) is 11.8. The highest BCUT2D eigenvalue weighted by atomic mass is 35.5. The van der Waals surface area contributed by atoms with Gasteiger partial charge in [0, 0.05) is 5.02 Å². The summed E-state index contributed by atoms with van der Waals surface area (Å²) < 4.78 is 16.4. The van der Waals surface area contributed by atoms with E-state index in [0.29, 0.717) is 28.3 Å². The molecule has 0 radical (unpaired) electrons. The van der Waals surface area contributed by atoms with Crippen molar-refractivity contribution in [2.75, 3.05) is 7.11 Å². The molecule has 5 nitrogen and oxygen atoms in total. The fourth-order valence-electron chi connectivity index (χ4n) is 1.92. The number of rotatable bonds is 5. The topological polar surface area (TPSA) is 57.4 Å². The Balaban J connectivity index is 1.72. The van der Waals surface area contributed by atoms with Gasteiger partial charge in [0.1, 0.15) is 11.5 Å². The molecule has 3 aromatic rings. The van der Waals surface area contributed by atoms with Crippen LogP contribution in [0.15, 0.2) is 52.9 Å². The summed E-state index contributed by atoms with van der Waals surface area (Å²) in [4.78, 5) is 0. The molecule has 0 bridgehead atoms. The largest absolute Gasteiger partial charge is 0.496 e. The normalized spacial score (nSPS) is 10.5. The molecule has 3 rings (SSSR count). The van der Waals surface area contributed by atoms with Crippen molar-refractivity contribution in [1.29, 1.82) is 0 Å². The Morgan fingerprint density at radius 1 is 1.05 bits per heavy atom. The lowest BCUT2D eigenvalue weighted by Gasteiger charge is -2.04. The third-order valence-electron chi connectivity index (χ3n) is 2.98. The molecule has 0 fully saturated rings. The smallest absolute Gasteiger partial charge is 0.254 e. The number of hydrogen-bond donors (Lipinski definition) is 0. The zero-order chi connectivity index (χ0) is 15.4. The van der Waals surface area contributed by atoms with Crippen LogP contribution in [0.1, 0.15) is 5.89 Å². The van der Waals surface area contributed by atoms with E-state index in [4.69, 9.17) is 25.5 Å². The van der Waals surface area contributed by atoms with Crippen molar-refractivity contribution in [2.45, 2.75) is 6.61 Å². The van der Waals surface area contributed by atoms with Gasteiger partial charge in [-0.15, -0.1) is 10.2 Å². The molecule has 2 aromatic carbocycles. The predicted octanol–water partition coefficient (Wildman–Crippen LogP) is 3.98. The Kier molecular flexibility index (Phi) is 4.25. The molecule has 0 atom stereocenters. The van der Waals surface area contributed by atoms with E-state index in [1.807, 2.05) is 24.3 Å². The van der Waals surface area contributed by atoms with Crippen molar-refractivity contribution in [2.24, 2.45) is 0 Å². The molecular formula is C16H13ClN2O3. The van der Waals surface area contributed by atoms with Crippen LogP contribution in [-0.2, 0) is 6.61 Å². The Hall–Kier alpha value is -2.53. The summed E-state index contributed by atoms with van der Waals surface area (Å²) in [6, 6.07) is 14.5. The van der Waals surface area contributed by atoms with Gasteiger partial charge in [-0.25, -0.2) is 0 Å². The van der Waals surface area contributed by atoms with Crippen LogP contribution in [-0.4, -0.2) is 17.3 Å². The number of halogens is 1. The lowest BCUT2D eigenvalue weighted by molar-refractivity contribution is 0.264. The monoisotopic (exact) mass is 316 g/mol. The molecule has 0 saturated carbocycles. The summed E-state index contributed by atoms with van der Waals surface area (Å²) >= 11 is 5.82. The van der Waals surface area contributed by atoms with Gasteiger partial charge < -0.3 is 13.9 Å². The number of hydrogen-bond acceptors (Lipinski definition) is 5. The highest BCUT2D eigenvalue weighted by Gasteiger charge is 2.13. The van der Waals surface area contributed by atoms with E-state index in [1.54, 1.807) is 31.4 Å². The fourth-order valence-corrected chi connectivity index (χ4v) is 2.04. The second kappa shape index (κ2) is 6.49. The third-order valence-corrected chi connectivity index (χ3v) is 3.23. The summed E-state index contributed by atoms with van der Waals surface area (Å²) in [7, 11) is 1.60. The van der Waals surface area contributed by atoms with Gasteiger partial charge in [0.15, 0.2) is 6.61 Å².